The van der Waals surface area contributed by atoms with Crippen molar-refractivity contribution in [1.82, 2.24) is 9.80 Å². The van der Waals surface area contributed by atoms with Crippen molar-refractivity contribution in [3.05, 3.63) is 71.8 Å². The standard InChI is InChI=1S/C21H26N2O3/c1-22(21(25)26-16-17-8-4-2-5-9-17)20(18-10-6-3-7-11-18)15-23-13-12-19(24)14-23/h2-11,19-20,24H,12-16H2,1H3/t19-,20?/m1/s1. The van der Waals surface area contributed by atoms with Crippen LogP contribution in [-0.4, -0.2) is 53.8 Å². The van der Waals surface area contributed by atoms with E-state index in [0.29, 0.717) is 13.1 Å². The highest BCUT2D eigenvalue weighted by atomic mass is 16.6. The Morgan fingerprint density at radius 2 is 1.85 bits per heavy atom. The van der Waals surface area contributed by atoms with Crippen LogP contribution in [0.5, 0.6) is 0 Å². The summed E-state index contributed by atoms with van der Waals surface area (Å²) in [5.74, 6) is 0. The summed E-state index contributed by atoms with van der Waals surface area (Å²) in [4.78, 5) is 16.5. The second-order valence-electron chi connectivity index (χ2n) is 6.78. The molecule has 0 bridgehead atoms. The SMILES string of the molecule is CN(C(=O)OCc1ccccc1)C(CN1CC[C@@H](O)C1)c1ccccc1. The number of β-amino-alcohol motifs (C(OH)–C–C–N with tert-alkyl or cyclic N) is 1. The van der Waals surface area contributed by atoms with Crippen LogP contribution in [0.2, 0.25) is 0 Å². The van der Waals surface area contributed by atoms with Gasteiger partial charge in [0.25, 0.3) is 0 Å². The average molecular weight is 354 g/mol. The Kier molecular flexibility index (Phi) is 6.26. The molecule has 138 valence electrons. The Labute approximate surface area is 154 Å². The van der Waals surface area contributed by atoms with Gasteiger partial charge in [-0.15, -0.1) is 0 Å². The third kappa shape index (κ3) is 4.84. The van der Waals surface area contributed by atoms with E-state index in [1.165, 1.54) is 0 Å². The van der Waals surface area contributed by atoms with Crippen molar-refractivity contribution in [2.75, 3.05) is 26.7 Å². The Morgan fingerprint density at radius 3 is 2.46 bits per heavy atom. The Hall–Kier alpha value is -2.37. The molecule has 1 amide bonds. The van der Waals surface area contributed by atoms with E-state index in [-0.39, 0.29) is 24.8 Å². The van der Waals surface area contributed by atoms with Crippen LogP contribution in [0.15, 0.2) is 60.7 Å². The third-order valence-corrected chi connectivity index (χ3v) is 4.82. The van der Waals surface area contributed by atoms with Gasteiger partial charge in [0.05, 0.1) is 12.1 Å². The minimum Gasteiger partial charge on any atom is -0.445 e. The van der Waals surface area contributed by atoms with Gasteiger partial charge in [0.15, 0.2) is 0 Å². The first kappa shape index (κ1) is 18.4. The molecule has 1 heterocycles. The van der Waals surface area contributed by atoms with Crippen molar-refractivity contribution >= 4 is 6.09 Å². The van der Waals surface area contributed by atoms with E-state index in [2.05, 4.69) is 4.90 Å². The summed E-state index contributed by atoms with van der Waals surface area (Å²) in [7, 11) is 1.78. The molecule has 26 heavy (non-hydrogen) atoms. The van der Waals surface area contributed by atoms with Gasteiger partial charge in [0, 0.05) is 26.7 Å². The smallest absolute Gasteiger partial charge is 0.410 e. The number of carbonyl (C=O) groups excluding carboxylic acids is 1. The largest absolute Gasteiger partial charge is 0.445 e. The van der Waals surface area contributed by atoms with Gasteiger partial charge in [-0.2, -0.15) is 0 Å². The lowest BCUT2D eigenvalue weighted by molar-refractivity contribution is 0.0817. The molecule has 1 unspecified atom stereocenters. The number of hydrogen-bond acceptors (Lipinski definition) is 4. The molecule has 0 spiro atoms. The molecule has 5 heteroatoms. The molecule has 0 radical (unpaired) electrons. The first-order valence-corrected chi connectivity index (χ1v) is 9.02. The third-order valence-electron chi connectivity index (χ3n) is 4.82. The van der Waals surface area contributed by atoms with Gasteiger partial charge in [-0.1, -0.05) is 60.7 Å². The number of nitrogens with zero attached hydrogens (tertiary/aromatic N) is 2. The average Bonchev–Trinajstić information content (AvgIpc) is 3.10. The first-order valence-electron chi connectivity index (χ1n) is 9.02. The monoisotopic (exact) mass is 354 g/mol. The molecule has 1 fully saturated rings. The number of rotatable bonds is 6. The maximum Gasteiger partial charge on any atom is 0.410 e. The minimum absolute atomic E-state index is 0.121. The fraction of sp³-hybridized carbons (Fsp3) is 0.381. The van der Waals surface area contributed by atoms with Gasteiger partial charge in [-0.05, 0) is 17.5 Å². The lowest BCUT2D eigenvalue weighted by Gasteiger charge is -2.31. The van der Waals surface area contributed by atoms with Crippen LogP contribution in [0.1, 0.15) is 23.6 Å². The van der Waals surface area contributed by atoms with Gasteiger partial charge in [0.1, 0.15) is 6.61 Å². The van der Waals surface area contributed by atoms with Gasteiger partial charge in [-0.25, -0.2) is 4.79 Å². The van der Waals surface area contributed by atoms with E-state index < -0.39 is 0 Å². The number of aliphatic hydroxyl groups is 1. The molecule has 0 aliphatic carbocycles. The van der Waals surface area contributed by atoms with Crippen LogP contribution in [0, 0.1) is 0 Å². The molecule has 1 N–H and O–H groups in total. The molecule has 2 aromatic carbocycles. The van der Waals surface area contributed by atoms with Crippen molar-refractivity contribution in [3.63, 3.8) is 0 Å². The predicted molar refractivity (Wildman–Crippen MR) is 101 cm³/mol. The molecule has 5 nitrogen and oxygen atoms in total. The zero-order valence-corrected chi connectivity index (χ0v) is 15.1. The zero-order valence-electron chi connectivity index (χ0n) is 15.1. The topological polar surface area (TPSA) is 53.0 Å². The number of hydrogen-bond donors (Lipinski definition) is 1. The van der Waals surface area contributed by atoms with E-state index in [9.17, 15) is 9.90 Å². The van der Waals surface area contributed by atoms with Crippen LogP contribution in [0.4, 0.5) is 4.79 Å². The second-order valence-corrected chi connectivity index (χ2v) is 6.78. The number of likely N-dealkylation sites (N-methyl/N-ethyl adjacent to an activating group) is 1. The summed E-state index contributed by atoms with van der Waals surface area (Å²) in [6.07, 6.45) is 0.160. The number of benzene rings is 2. The van der Waals surface area contributed by atoms with E-state index in [1.807, 2.05) is 60.7 Å². The van der Waals surface area contributed by atoms with Gasteiger partial charge < -0.3 is 14.7 Å². The number of carbonyl (C=O) groups is 1. The number of amides is 1. The van der Waals surface area contributed by atoms with Crippen LogP contribution >= 0.6 is 0 Å². The lowest BCUT2D eigenvalue weighted by Crippen LogP contribution is -2.39. The highest BCUT2D eigenvalue weighted by molar-refractivity contribution is 5.68. The van der Waals surface area contributed by atoms with Crippen molar-refractivity contribution in [2.24, 2.45) is 0 Å². The van der Waals surface area contributed by atoms with Crippen molar-refractivity contribution in [3.8, 4) is 0 Å². The molecule has 3 rings (SSSR count). The maximum atomic E-state index is 12.6. The van der Waals surface area contributed by atoms with E-state index in [1.54, 1.807) is 11.9 Å². The van der Waals surface area contributed by atoms with Crippen LogP contribution in [-0.2, 0) is 11.3 Å². The number of likely N-dealkylation sites (tertiary alicyclic amines) is 1. The molecule has 0 aromatic heterocycles. The molecular weight excluding hydrogens is 328 g/mol. The summed E-state index contributed by atoms with van der Waals surface area (Å²) >= 11 is 0. The minimum atomic E-state index is -0.345. The lowest BCUT2D eigenvalue weighted by atomic mass is 10.1. The number of ether oxygens (including phenoxy) is 1. The summed E-state index contributed by atoms with van der Waals surface area (Å²) < 4.78 is 5.50. The van der Waals surface area contributed by atoms with Crippen molar-refractivity contribution in [2.45, 2.75) is 25.2 Å². The molecule has 2 aromatic rings. The van der Waals surface area contributed by atoms with Crippen LogP contribution in [0.25, 0.3) is 0 Å². The molecule has 1 aliphatic rings. The Bertz CT molecular complexity index is 693. The molecule has 2 atom stereocenters. The van der Waals surface area contributed by atoms with Gasteiger partial charge in [-0.3, -0.25) is 4.90 Å². The normalized spacial score (nSPS) is 18.5. The van der Waals surface area contributed by atoms with E-state index in [0.717, 1.165) is 24.1 Å². The fourth-order valence-corrected chi connectivity index (χ4v) is 3.30. The number of aliphatic hydroxyl groups excluding tert-OH is 1. The highest BCUT2D eigenvalue weighted by Crippen LogP contribution is 2.23. The van der Waals surface area contributed by atoms with Gasteiger partial charge in [0.2, 0.25) is 0 Å². The fourth-order valence-electron chi connectivity index (χ4n) is 3.30. The Morgan fingerprint density at radius 1 is 1.19 bits per heavy atom. The van der Waals surface area contributed by atoms with Crippen molar-refractivity contribution in [1.29, 1.82) is 0 Å². The zero-order chi connectivity index (χ0) is 18.4. The molecular formula is C21H26N2O3. The highest BCUT2D eigenvalue weighted by Gasteiger charge is 2.28. The van der Waals surface area contributed by atoms with E-state index in [4.69, 9.17) is 4.74 Å². The van der Waals surface area contributed by atoms with Crippen LogP contribution in [0.3, 0.4) is 0 Å². The summed E-state index contributed by atoms with van der Waals surface area (Å²) in [6.45, 7) is 2.43. The van der Waals surface area contributed by atoms with Gasteiger partial charge >= 0.3 is 6.09 Å². The quantitative estimate of drug-likeness (QED) is 0.866. The predicted octanol–water partition coefficient (Wildman–Crippen LogP) is 3.06. The molecule has 0 saturated carbocycles. The Balaban J connectivity index is 1.67. The van der Waals surface area contributed by atoms with Crippen LogP contribution < -0.4 is 0 Å². The first-order chi connectivity index (χ1) is 12.6. The molecule has 1 aliphatic heterocycles. The summed E-state index contributed by atoms with van der Waals surface area (Å²) in [5.41, 5.74) is 2.03. The van der Waals surface area contributed by atoms with E-state index >= 15 is 0 Å². The molecule has 1 saturated heterocycles. The van der Waals surface area contributed by atoms with Crippen molar-refractivity contribution < 1.29 is 14.6 Å². The second kappa shape index (κ2) is 8.83. The maximum absolute atomic E-state index is 12.6. The summed E-state index contributed by atoms with van der Waals surface area (Å²) in [6, 6.07) is 19.5. The summed E-state index contributed by atoms with van der Waals surface area (Å²) in [5, 5.41) is 9.79.